The van der Waals surface area contributed by atoms with Crippen LogP contribution in [0.3, 0.4) is 0 Å². The molecule has 0 aliphatic carbocycles. The van der Waals surface area contributed by atoms with Crippen LogP contribution in [0.5, 0.6) is 0 Å². The van der Waals surface area contributed by atoms with Gasteiger partial charge in [-0.3, -0.25) is 4.79 Å². The van der Waals surface area contributed by atoms with Gasteiger partial charge in [-0.15, -0.1) is 0 Å². The van der Waals surface area contributed by atoms with Crippen molar-refractivity contribution >= 4 is 38.6 Å². The third-order valence-corrected chi connectivity index (χ3v) is 5.57. The number of nitrogens with one attached hydrogen (secondary N) is 1. The summed E-state index contributed by atoms with van der Waals surface area (Å²) in [5, 5.41) is 6.28. The molecule has 2 heterocycles. The van der Waals surface area contributed by atoms with Crippen LogP contribution in [0.15, 0.2) is 88.4 Å². The first-order valence-electron chi connectivity index (χ1n) is 9.36. The predicted molar refractivity (Wildman–Crippen MR) is 117 cm³/mol. The van der Waals surface area contributed by atoms with E-state index in [4.69, 9.17) is 10.1 Å². The fourth-order valence-electron chi connectivity index (χ4n) is 3.57. The molecule has 142 valence electrons. The molecule has 1 aromatic heterocycles. The predicted octanol–water partition coefficient (Wildman–Crippen LogP) is 5.32. The topological polar surface area (TPSA) is 61.4 Å². The van der Waals surface area contributed by atoms with Crippen molar-refractivity contribution in [2.75, 3.05) is 0 Å². The number of aromatic amines is 1. The Labute approximate surface area is 176 Å². The van der Waals surface area contributed by atoms with E-state index in [-0.39, 0.29) is 11.9 Å². The second-order valence-corrected chi connectivity index (χ2v) is 7.84. The zero-order valence-corrected chi connectivity index (χ0v) is 17.0. The van der Waals surface area contributed by atoms with Crippen LogP contribution in [0.4, 0.5) is 0 Å². The highest BCUT2D eigenvalue weighted by Crippen LogP contribution is 2.33. The number of fused-ring (bicyclic) bond motifs is 1. The number of benzene rings is 3. The molecule has 0 unspecified atom stereocenters. The molecule has 5 nitrogen and oxygen atoms in total. The van der Waals surface area contributed by atoms with Crippen LogP contribution in [0, 0.1) is 0 Å². The minimum absolute atomic E-state index is 0.136. The highest BCUT2D eigenvalue weighted by atomic mass is 79.9. The van der Waals surface area contributed by atoms with Gasteiger partial charge in [-0.1, -0.05) is 58.4 Å². The van der Waals surface area contributed by atoms with E-state index >= 15 is 0 Å². The number of hydrazone groups is 1. The van der Waals surface area contributed by atoms with Crippen molar-refractivity contribution < 1.29 is 4.79 Å². The molecule has 1 aliphatic rings. The normalized spacial score (nSPS) is 16.2. The summed E-state index contributed by atoms with van der Waals surface area (Å²) >= 11 is 3.47. The molecule has 3 aromatic carbocycles. The van der Waals surface area contributed by atoms with Gasteiger partial charge in [-0.25, -0.2) is 9.99 Å². The Morgan fingerprint density at radius 3 is 2.45 bits per heavy atom. The van der Waals surface area contributed by atoms with Crippen molar-refractivity contribution in [2.24, 2.45) is 5.10 Å². The molecule has 1 aliphatic heterocycles. The molecule has 0 saturated carbocycles. The molecular weight excluding hydrogens is 428 g/mol. The molecule has 6 heteroatoms. The molecule has 4 aromatic rings. The number of carbonyl (C=O) groups excluding carboxylic acids is 1. The minimum Gasteiger partial charge on any atom is -0.340 e. The Bertz CT molecular complexity index is 1180. The average Bonchev–Trinajstić information content (AvgIpc) is 3.39. The van der Waals surface area contributed by atoms with Gasteiger partial charge < -0.3 is 4.98 Å². The molecular formula is C23H17BrN4O. The molecule has 5 rings (SSSR count). The van der Waals surface area contributed by atoms with Crippen molar-refractivity contribution in [1.29, 1.82) is 0 Å². The number of hydrogen-bond acceptors (Lipinski definition) is 3. The van der Waals surface area contributed by atoms with Crippen molar-refractivity contribution in [3.8, 4) is 0 Å². The third-order valence-electron chi connectivity index (χ3n) is 5.04. The van der Waals surface area contributed by atoms with E-state index in [1.165, 1.54) is 0 Å². The number of H-pyrrole nitrogens is 1. The molecule has 1 atom stereocenters. The summed E-state index contributed by atoms with van der Waals surface area (Å²) in [5.41, 5.74) is 4.30. The zero-order chi connectivity index (χ0) is 19.8. The number of hydrogen-bond donors (Lipinski definition) is 1. The van der Waals surface area contributed by atoms with Crippen LogP contribution in [-0.4, -0.2) is 26.6 Å². The number of nitrogens with zero attached hydrogens (tertiary/aromatic N) is 3. The van der Waals surface area contributed by atoms with Gasteiger partial charge in [0.2, 0.25) is 0 Å². The smallest absolute Gasteiger partial charge is 0.274 e. The Morgan fingerprint density at radius 1 is 0.966 bits per heavy atom. The molecule has 0 fully saturated rings. The highest BCUT2D eigenvalue weighted by molar-refractivity contribution is 9.10. The van der Waals surface area contributed by atoms with Crippen molar-refractivity contribution in [1.82, 2.24) is 15.0 Å². The zero-order valence-electron chi connectivity index (χ0n) is 15.4. The first-order chi connectivity index (χ1) is 14.2. The third kappa shape index (κ3) is 3.36. The summed E-state index contributed by atoms with van der Waals surface area (Å²) < 4.78 is 1.01. The first kappa shape index (κ1) is 17.8. The minimum atomic E-state index is -0.284. The maximum absolute atomic E-state index is 13.2. The van der Waals surface area contributed by atoms with Crippen LogP contribution < -0.4 is 0 Å². The first-order valence-corrected chi connectivity index (χ1v) is 10.1. The number of rotatable bonds is 3. The molecule has 0 bridgehead atoms. The quantitative estimate of drug-likeness (QED) is 0.464. The number of carbonyl (C=O) groups is 1. The average molecular weight is 445 g/mol. The van der Waals surface area contributed by atoms with E-state index in [1.807, 2.05) is 78.9 Å². The lowest BCUT2D eigenvalue weighted by Crippen LogP contribution is -2.27. The monoisotopic (exact) mass is 444 g/mol. The maximum atomic E-state index is 13.2. The van der Waals surface area contributed by atoms with Gasteiger partial charge in [0.1, 0.15) is 11.9 Å². The van der Waals surface area contributed by atoms with Crippen molar-refractivity contribution in [3.63, 3.8) is 0 Å². The lowest BCUT2D eigenvalue weighted by molar-refractivity contribution is 0.0705. The molecule has 29 heavy (non-hydrogen) atoms. The Kier molecular flexibility index (Phi) is 4.48. The highest BCUT2D eigenvalue weighted by Gasteiger charge is 2.35. The van der Waals surface area contributed by atoms with E-state index in [2.05, 4.69) is 20.9 Å². The molecule has 1 amide bonds. The summed E-state index contributed by atoms with van der Waals surface area (Å²) in [6.07, 6.45) is 0.597. The van der Waals surface area contributed by atoms with Crippen LogP contribution in [0.25, 0.3) is 11.0 Å². The second-order valence-electron chi connectivity index (χ2n) is 6.93. The van der Waals surface area contributed by atoms with Crippen LogP contribution >= 0.6 is 15.9 Å². The molecule has 0 spiro atoms. The largest absolute Gasteiger partial charge is 0.340 e. The molecule has 1 N–H and O–H groups in total. The van der Waals surface area contributed by atoms with E-state index in [1.54, 1.807) is 5.01 Å². The standard InChI is InChI=1S/C23H17BrN4O/c24-17-12-10-15(11-13-17)20-14-21(22-25-18-8-4-5-9-19(18)26-22)28(27-20)23(29)16-6-2-1-3-7-16/h1-13,21H,14H2,(H,25,26)/t21-/m1/s1. The summed E-state index contributed by atoms with van der Waals surface area (Å²) in [5.74, 6) is 0.606. The van der Waals surface area contributed by atoms with Crippen molar-refractivity contribution in [2.45, 2.75) is 12.5 Å². The van der Waals surface area contributed by atoms with Gasteiger partial charge in [0, 0.05) is 16.5 Å². The van der Waals surface area contributed by atoms with E-state index in [9.17, 15) is 4.79 Å². The second kappa shape index (κ2) is 7.29. The van der Waals surface area contributed by atoms with Crippen LogP contribution in [0.1, 0.15) is 34.2 Å². The number of para-hydroxylation sites is 2. The van der Waals surface area contributed by atoms with Gasteiger partial charge in [0.25, 0.3) is 5.91 Å². The fourth-order valence-corrected chi connectivity index (χ4v) is 3.84. The van der Waals surface area contributed by atoms with Crippen LogP contribution in [0.2, 0.25) is 0 Å². The summed E-state index contributed by atoms with van der Waals surface area (Å²) in [4.78, 5) is 21.3. The Hall–Kier alpha value is -3.25. The summed E-state index contributed by atoms with van der Waals surface area (Å²) in [7, 11) is 0. The van der Waals surface area contributed by atoms with Gasteiger partial charge in [0.15, 0.2) is 0 Å². The maximum Gasteiger partial charge on any atom is 0.274 e. The lowest BCUT2D eigenvalue weighted by Gasteiger charge is -2.19. The van der Waals surface area contributed by atoms with E-state index in [0.717, 1.165) is 32.6 Å². The van der Waals surface area contributed by atoms with Gasteiger partial charge in [0.05, 0.1) is 16.7 Å². The lowest BCUT2D eigenvalue weighted by atomic mass is 10.0. The Balaban J connectivity index is 1.56. The van der Waals surface area contributed by atoms with Gasteiger partial charge in [-0.05, 0) is 42.0 Å². The molecule has 0 saturated heterocycles. The summed E-state index contributed by atoms with van der Waals surface area (Å²) in [6, 6.07) is 24.8. The molecule has 0 radical (unpaired) electrons. The SMILES string of the molecule is O=C(c1ccccc1)N1N=C(c2ccc(Br)cc2)C[C@@H]1c1nc2ccccc2[nH]1. The van der Waals surface area contributed by atoms with E-state index in [0.29, 0.717) is 12.0 Å². The van der Waals surface area contributed by atoms with Gasteiger partial charge >= 0.3 is 0 Å². The van der Waals surface area contributed by atoms with Crippen LogP contribution in [-0.2, 0) is 0 Å². The number of halogens is 1. The van der Waals surface area contributed by atoms with E-state index < -0.39 is 0 Å². The van der Waals surface area contributed by atoms with Gasteiger partial charge in [-0.2, -0.15) is 5.10 Å². The summed E-state index contributed by atoms with van der Waals surface area (Å²) in [6.45, 7) is 0. The number of imidazole rings is 1. The Morgan fingerprint density at radius 2 is 1.69 bits per heavy atom. The number of amides is 1. The van der Waals surface area contributed by atoms with Crippen molar-refractivity contribution in [3.05, 3.63) is 100 Å². The number of aromatic nitrogens is 2. The fraction of sp³-hybridized carbons (Fsp3) is 0.0870.